The molecule has 4 rings (SSSR count). The molecule has 40 heavy (non-hydrogen) atoms. The number of benzene rings is 2. The number of carbonyl (C=O) groups excluding carboxylic acids is 2. The Kier molecular flexibility index (Phi) is 9.42. The summed E-state index contributed by atoms with van der Waals surface area (Å²) in [6.07, 6.45) is 1.89. The molecule has 1 aliphatic rings. The summed E-state index contributed by atoms with van der Waals surface area (Å²) in [5.41, 5.74) is 13.1. The van der Waals surface area contributed by atoms with Crippen LogP contribution in [0.5, 0.6) is 5.88 Å². The monoisotopic (exact) mass is 562 g/mol. The van der Waals surface area contributed by atoms with Gasteiger partial charge in [-0.05, 0) is 86.2 Å². The van der Waals surface area contributed by atoms with Gasteiger partial charge in [0.25, 0.3) is 0 Å². The summed E-state index contributed by atoms with van der Waals surface area (Å²) in [5.74, 6) is -0.102. The van der Waals surface area contributed by atoms with Gasteiger partial charge in [-0.15, -0.1) is 0 Å². The first-order chi connectivity index (χ1) is 19.2. The second-order valence-electron chi connectivity index (χ2n) is 9.83. The number of pyridine rings is 1. The Morgan fingerprint density at radius 3 is 2.75 bits per heavy atom. The van der Waals surface area contributed by atoms with Crippen molar-refractivity contribution in [1.29, 1.82) is 0 Å². The number of rotatable bonds is 9. The number of ether oxygens (including phenoxy) is 1. The first-order valence-corrected chi connectivity index (χ1v) is 14.3. The van der Waals surface area contributed by atoms with Crippen molar-refractivity contribution in [2.75, 3.05) is 42.1 Å². The van der Waals surface area contributed by atoms with E-state index in [2.05, 4.69) is 50.4 Å². The smallest absolute Gasteiger partial charge is 0.242 e. The van der Waals surface area contributed by atoms with E-state index in [9.17, 15) is 9.59 Å². The zero-order chi connectivity index (χ0) is 28.8. The van der Waals surface area contributed by atoms with E-state index in [4.69, 9.17) is 10.5 Å². The molecule has 3 aromatic rings. The highest BCUT2D eigenvalue weighted by Crippen LogP contribution is 2.41. The minimum atomic E-state index is -0.642. The summed E-state index contributed by atoms with van der Waals surface area (Å²) in [4.78, 5) is 30.7. The van der Waals surface area contributed by atoms with Crippen LogP contribution in [-0.2, 0) is 9.59 Å². The van der Waals surface area contributed by atoms with Crippen LogP contribution in [0.3, 0.4) is 0 Å². The molecule has 0 spiro atoms. The number of aryl methyl sites for hydroxylation is 1. The van der Waals surface area contributed by atoms with Crippen molar-refractivity contribution in [3.63, 3.8) is 0 Å². The lowest BCUT2D eigenvalue weighted by Crippen LogP contribution is -2.43. The standard InChI is InChI=1S/C30H38N6O3S/c1-6-33-24-12-11-22(19(3)28(24)31)23(17-27(37)35-20(4)29(38)32-5)21-10-9-18(2)25(16-21)36-14-15-39-30-26(40-36)8-7-13-34-30/h7-13,16,20,23,33H,6,14-15,17,31H2,1-5H3,(H,32,38)(H,35,37). The number of nitrogens with one attached hydrogen (secondary N) is 3. The van der Waals surface area contributed by atoms with E-state index in [0.29, 0.717) is 24.7 Å². The zero-order valence-electron chi connectivity index (χ0n) is 23.7. The van der Waals surface area contributed by atoms with Crippen molar-refractivity contribution in [1.82, 2.24) is 15.6 Å². The van der Waals surface area contributed by atoms with E-state index >= 15 is 0 Å². The molecule has 0 saturated carbocycles. The topological polar surface area (TPSA) is 122 Å². The van der Waals surface area contributed by atoms with Crippen LogP contribution in [0.4, 0.5) is 17.1 Å². The molecule has 10 heteroatoms. The fourth-order valence-corrected chi connectivity index (χ4v) is 5.90. The molecule has 0 fully saturated rings. The molecular weight excluding hydrogens is 524 g/mol. The third-order valence-corrected chi connectivity index (χ3v) is 8.20. The number of fused-ring (bicyclic) bond motifs is 1. The van der Waals surface area contributed by atoms with Gasteiger partial charge >= 0.3 is 0 Å². The Hall–Kier alpha value is -3.92. The van der Waals surface area contributed by atoms with Crippen molar-refractivity contribution < 1.29 is 14.3 Å². The van der Waals surface area contributed by atoms with Gasteiger partial charge in [-0.2, -0.15) is 0 Å². The largest absolute Gasteiger partial charge is 0.475 e. The molecular formula is C30H38N6O3S. The van der Waals surface area contributed by atoms with Crippen LogP contribution in [-0.4, -0.2) is 49.6 Å². The van der Waals surface area contributed by atoms with E-state index in [1.165, 1.54) is 0 Å². The predicted octanol–water partition coefficient (Wildman–Crippen LogP) is 4.39. The summed E-state index contributed by atoms with van der Waals surface area (Å²) in [6, 6.07) is 13.6. The fourth-order valence-electron chi connectivity index (χ4n) is 4.87. The number of amides is 2. The molecule has 0 radical (unpaired) electrons. The highest BCUT2D eigenvalue weighted by atomic mass is 32.2. The molecule has 212 valence electrons. The van der Waals surface area contributed by atoms with E-state index in [1.807, 2.05) is 38.1 Å². The number of hydrogen-bond acceptors (Lipinski definition) is 8. The highest BCUT2D eigenvalue weighted by Gasteiger charge is 2.26. The molecule has 2 unspecified atom stereocenters. The molecule has 2 heterocycles. The van der Waals surface area contributed by atoms with Crippen LogP contribution >= 0.6 is 11.9 Å². The second kappa shape index (κ2) is 13.0. The van der Waals surface area contributed by atoms with Gasteiger partial charge in [-0.25, -0.2) is 4.98 Å². The minimum Gasteiger partial charge on any atom is -0.475 e. The number of nitrogens with two attached hydrogens (primary N) is 1. The number of nitrogens with zero attached hydrogens (tertiary/aromatic N) is 2. The summed E-state index contributed by atoms with van der Waals surface area (Å²) in [6.45, 7) is 9.70. The Morgan fingerprint density at radius 2 is 2.00 bits per heavy atom. The van der Waals surface area contributed by atoms with E-state index < -0.39 is 6.04 Å². The number of hydrogen-bond donors (Lipinski definition) is 4. The SMILES string of the molecule is CCNc1ccc(C(CC(=O)NC(C)C(=O)NC)c2ccc(C)c(N3CCOc4ncccc4S3)c2)c(C)c1N. The average Bonchev–Trinajstić information content (AvgIpc) is 3.17. The maximum Gasteiger partial charge on any atom is 0.242 e. The maximum atomic E-state index is 13.3. The van der Waals surface area contributed by atoms with Crippen LogP contribution in [0, 0.1) is 13.8 Å². The molecule has 2 atom stereocenters. The van der Waals surface area contributed by atoms with Gasteiger partial charge in [0.15, 0.2) is 0 Å². The van der Waals surface area contributed by atoms with Crippen molar-refractivity contribution in [2.45, 2.75) is 51.0 Å². The van der Waals surface area contributed by atoms with Crippen molar-refractivity contribution in [3.8, 4) is 5.88 Å². The third kappa shape index (κ3) is 6.44. The number of aromatic nitrogens is 1. The van der Waals surface area contributed by atoms with Crippen LogP contribution in [0.1, 0.15) is 48.4 Å². The number of carbonyl (C=O) groups is 2. The Labute approximate surface area is 240 Å². The van der Waals surface area contributed by atoms with Crippen molar-refractivity contribution in [2.24, 2.45) is 0 Å². The normalized spacial score (nSPS) is 14.3. The molecule has 2 amide bonds. The van der Waals surface area contributed by atoms with Gasteiger partial charge in [0, 0.05) is 32.1 Å². The Balaban J connectivity index is 1.73. The van der Waals surface area contributed by atoms with E-state index in [-0.39, 0.29) is 24.2 Å². The number of anilines is 3. The zero-order valence-corrected chi connectivity index (χ0v) is 24.5. The molecule has 1 aromatic heterocycles. The molecule has 9 nitrogen and oxygen atoms in total. The molecule has 5 N–H and O–H groups in total. The lowest BCUT2D eigenvalue weighted by molar-refractivity contribution is -0.128. The maximum absolute atomic E-state index is 13.3. The first-order valence-electron chi connectivity index (χ1n) is 13.5. The molecule has 0 saturated heterocycles. The minimum absolute atomic E-state index is 0.160. The molecule has 1 aliphatic heterocycles. The number of nitrogen functional groups attached to an aromatic ring is 1. The van der Waals surface area contributed by atoms with Crippen molar-refractivity contribution >= 4 is 40.8 Å². The molecule has 0 bridgehead atoms. The fraction of sp³-hybridized carbons (Fsp3) is 0.367. The number of likely N-dealkylation sites (N-methyl/N-ethyl adjacent to an activating group) is 1. The first kappa shape index (κ1) is 29.1. The van der Waals surface area contributed by atoms with Crippen LogP contribution in [0.15, 0.2) is 53.6 Å². The molecule has 2 aromatic carbocycles. The van der Waals surface area contributed by atoms with Gasteiger partial charge in [0.1, 0.15) is 12.6 Å². The average molecular weight is 563 g/mol. The Morgan fingerprint density at radius 1 is 1.20 bits per heavy atom. The summed E-state index contributed by atoms with van der Waals surface area (Å²) in [7, 11) is 1.56. The van der Waals surface area contributed by atoms with E-state index in [0.717, 1.165) is 45.1 Å². The molecule has 0 aliphatic carbocycles. The summed E-state index contributed by atoms with van der Waals surface area (Å²) < 4.78 is 8.10. The van der Waals surface area contributed by atoms with E-state index in [1.54, 1.807) is 32.1 Å². The van der Waals surface area contributed by atoms with Gasteiger partial charge in [-0.1, -0.05) is 18.2 Å². The second-order valence-corrected chi connectivity index (χ2v) is 10.9. The lowest BCUT2D eigenvalue weighted by Gasteiger charge is -2.27. The van der Waals surface area contributed by atoms with Crippen LogP contribution in [0.25, 0.3) is 0 Å². The lowest BCUT2D eigenvalue weighted by atomic mass is 9.84. The van der Waals surface area contributed by atoms with Gasteiger partial charge in [0.2, 0.25) is 17.7 Å². The van der Waals surface area contributed by atoms with Gasteiger partial charge < -0.3 is 30.7 Å². The third-order valence-electron chi connectivity index (χ3n) is 7.09. The summed E-state index contributed by atoms with van der Waals surface area (Å²) >= 11 is 1.60. The van der Waals surface area contributed by atoms with Crippen molar-refractivity contribution in [3.05, 3.63) is 70.9 Å². The van der Waals surface area contributed by atoms with Crippen LogP contribution in [0.2, 0.25) is 0 Å². The summed E-state index contributed by atoms with van der Waals surface area (Å²) in [5, 5.41) is 8.73. The Bertz CT molecular complexity index is 1380. The van der Waals surface area contributed by atoms with Crippen LogP contribution < -0.4 is 30.7 Å². The van der Waals surface area contributed by atoms with Gasteiger partial charge in [0.05, 0.1) is 28.5 Å². The highest BCUT2D eigenvalue weighted by molar-refractivity contribution is 8.00. The van der Waals surface area contributed by atoms with Gasteiger partial charge in [-0.3, -0.25) is 9.59 Å². The quantitative estimate of drug-likeness (QED) is 0.224. The predicted molar refractivity (Wildman–Crippen MR) is 162 cm³/mol.